The Hall–Kier alpha value is -2.56. The van der Waals surface area contributed by atoms with E-state index < -0.39 is 0 Å². The largest absolute Gasteiger partial charge is 0.370 e. The number of carbonyl (C=O) groups excluding carboxylic acids is 1. The SMILES string of the molecule is CC(C)=O.CN(C)C(=N)N=C(N)N.CN(C)C(N)=NC(=N)N.Cl. The number of nitrogens with zero attached hydrogens (tertiary/aromatic N) is 4. The predicted molar refractivity (Wildman–Crippen MR) is 98.1 cm³/mol. The van der Waals surface area contributed by atoms with Crippen LogP contribution in [-0.4, -0.2) is 67.6 Å². The van der Waals surface area contributed by atoms with Crippen LogP contribution >= 0.6 is 12.4 Å². The summed E-state index contributed by atoms with van der Waals surface area (Å²) in [7, 11) is 6.83. The van der Waals surface area contributed by atoms with Crippen molar-refractivity contribution in [3.05, 3.63) is 0 Å². The van der Waals surface area contributed by atoms with Crippen molar-refractivity contribution in [3.8, 4) is 0 Å². The molecule has 0 rings (SSSR count). The van der Waals surface area contributed by atoms with Crippen LogP contribution in [0.2, 0.25) is 0 Å². The van der Waals surface area contributed by atoms with Crippen molar-refractivity contribution >= 4 is 42.0 Å². The molecule has 23 heavy (non-hydrogen) atoms. The van der Waals surface area contributed by atoms with Crippen molar-refractivity contribution in [1.29, 1.82) is 10.8 Å². The number of nitrogens with one attached hydrogen (secondary N) is 2. The highest BCUT2D eigenvalue weighted by Gasteiger charge is 1.93. The average molecular weight is 353 g/mol. The van der Waals surface area contributed by atoms with Crippen molar-refractivity contribution in [2.75, 3.05) is 28.2 Å². The summed E-state index contributed by atoms with van der Waals surface area (Å²) in [6.07, 6.45) is 0. The molecule has 0 aliphatic heterocycles. The van der Waals surface area contributed by atoms with Crippen LogP contribution in [0.15, 0.2) is 9.98 Å². The molecule has 0 aliphatic rings. The minimum atomic E-state index is -0.277. The Kier molecular flexibility index (Phi) is 19.7. The molecule has 136 valence electrons. The molecule has 0 saturated heterocycles. The van der Waals surface area contributed by atoms with E-state index in [9.17, 15) is 4.79 Å². The molecule has 0 radical (unpaired) electrons. The summed E-state index contributed by atoms with van der Waals surface area (Å²) >= 11 is 0. The molecule has 0 aromatic heterocycles. The average Bonchev–Trinajstić information content (AvgIpc) is 2.26. The molecule has 0 fully saturated rings. The summed E-state index contributed by atoms with van der Waals surface area (Å²) in [4.78, 5) is 19.4. The van der Waals surface area contributed by atoms with Gasteiger partial charge in [-0.2, -0.15) is 9.98 Å². The van der Waals surface area contributed by atoms with E-state index in [1.807, 2.05) is 0 Å². The Morgan fingerprint density at radius 3 is 1.30 bits per heavy atom. The number of Topliss-reactive ketones (excluding diaryl/α,β-unsaturated/α-hetero) is 1. The summed E-state index contributed by atoms with van der Waals surface area (Å²) in [6, 6.07) is 0. The van der Waals surface area contributed by atoms with E-state index in [1.54, 1.807) is 33.1 Å². The van der Waals surface area contributed by atoms with Crippen molar-refractivity contribution in [2.24, 2.45) is 32.9 Å². The van der Waals surface area contributed by atoms with E-state index in [0.717, 1.165) is 0 Å². The van der Waals surface area contributed by atoms with Gasteiger partial charge in [0.2, 0.25) is 11.9 Å². The number of guanidine groups is 4. The van der Waals surface area contributed by atoms with Crippen molar-refractivity contribution in [1.82, 2.24) is 9.80 Å². The molecule has 12 heteroatoms. The Labute approximate surface area is 143 Å². The van der Waals surface area contributed by atoms with Crippen molar-refractivity contribution < 1.29 is 4.79 Å². The number of ketones is 1. The fourth-order valence-electron chi connectivity index (χ4n) is 0.446. The predicted octanol–water partition coefficient (Wildman–Crippen LogP) is -1.47. The van der Waals surface area contributed by atoms with Crippen LogP contribution in [0.25, 0.3) is 0 Å². The van der Waals surface area contributed by atoms with Gasteiger partial charge in [-0.3, -0.25) is 10.8 Å². The third-order valence-corrected chi connectivity index (χ3v) is 1.35. The topological polar surface area (TPSA) is 200 Å². The summed E-state index contributed by atoms with van der Waals surface area (Å²) in [5.41, 5.74) is 20.2. The third-order valence-electron chi connectivity index (χ3n) is 1.35. The van der Waals surface area contributed by atoms with Crippen molar-refractivity contribution in [3.63, 3.8) is 0 Å². The van der Waals surface area contributed by atoms with Gasteiger partial charge in [0.05, 0.1) is 0 Å². The first-order valence-corrected chi connectivity index (χ1v) is 5.99. The zero-order valence-electron chi connectivity index (χ0n) is 14.4. The van der Waals surface area contributed by atoms with Gasteiger partial charge >= 0.3 is 0 Å². The Morgan fingerprint density at radius 2 is 1.22 bits per heavy atom. The molecule has 0 bridgehead atoms. The molecule has 0 aromatic carbocycles. The van der Waals surface area contributed by atoms with E-state index in [2.05, 4.69) is 9.98 Å². The van der Waals surface area contributed by atoms with Gasteiger partial charge in [0.1, 0.15) is 5.78 Å². The molecule has 0 aliphatic carbocycles. The highest BCUT2D eigenvalue weighted by molar-refractivity contribution is 5.91. The molecule has 0 atom stereocenters. The fourth-order valence-corrected chi connectivity index (χ4v) is 0.446. The second-order valence-corrected chi connectivity index (χ2v) is 4.41. The normalized spacial score (nSPS) is 8.70. The number of carbonyl (C=O) groups is 1. The van der Waals surface area contributed by atoms with Crippen LogP contribution in [-0.2, 0) is 4.79 Å². The van der Waals surface area contributed by atoms with Crippen molar-refractivity contribution in [2.45, 2.75) is 13.8 Å². The summed E-state index contributed by atoms with van der Waals surface area (Å²) in [5, 5.41) is 13.8. The first-order valence-electron chi connectivity index (χ1n) is 5.99. The Bertz CT molecular complexity index is 423. The third kappa shape index (κ3) is 32.7. The standard InChI is InChI=1S/2C4H11N5.C3H6O.ClH/c2*1-9(2)4(7)8-3(5)6;1-3(2)4;/h2*1-2H3,(H5,5,6,7,8);1-2H3;1H. The number of hydrogen-bond acceptors (Lipinski definition) is 3. The molecule has 0 heterocycles. The quantitative estimate of drug-likeness (QED) is 0.225. The number of aliphatic imine (C=N–C) groups is 2. The zero-order chi connectivity index (χ0) is 18.5. The highest BCUT2D eigenvalue weighted by Crippen LogP contribution is 1.78. The Balaban J connectivity index is -0.000000124. The number of nitrogens with two attached hydrogens (primary N) is 4. The van der Waals surface area contributed by atoms with Gasteiger partial charge in [0.25, 0.3) is 0 Å². The molecule has 10 N–H and O–H groups in total. The maximum absolute atomic E-state index is 9.44. The van der Waals surface area contributed by atoms with Gasteiger partial charge in [-0.15, -0.1) is 12.4 Å². The van der Waals surface area contributed by atoms with Gasteiger partial charge in [0.15, 0.2) is 11.9 Å². The molecule has 0 spiro atoms. The van der Waals surface area contributed by atoms with Gasteiger partial charge in [-0.1, -0.05) is 0 Å². The molecular formula is C11H29ClN10O. The van der Waals surface area contributed by atoms with Gasteiger partial charge in [-0.25, -0.2) is 0 Å². The van der Waals surface area contributed by atoms with E-state index in [4.69, 9.17) is 33.8 Å². The maximum Gasteiger partial charge on any atom is 0.220 e. The van der Waals surface area contributed by atoms with E-state index >= 15 is 0 Å². The lowest BCUT2D eigenvalue weighted by Crippen LogP contribution is -2.32. The second-order valence-electron chi connectivity index (χ2n) is 4.41. The van der Waals surface area contributed by atoms with Crippen LogP contribution < -0.4 is 22.9 Å². The Morgan fingerprint density at radius 1 is 0.870 bits per heavy atom. The van der Waals surface area contributed by atoms with Gasteiger partial charge < -0.3 is 37.5 Å². The highest BCUT2D eigenvalue weighted by atomic mass is 35.5. The van der Waals surface area contributed by atoms with Gasteiger partial charge in [0, 0.05) is 28.2 Å². The van der Waals surface area contributed by atoms with E-state index in [1.165, 1.54) is 18.7 Å². The minimum absolute atomic E-state index is 0. The van der Waals surface area contributed by atoms with Crippen LogP contribution in [0, 0.1) is 10.8 Å². The van der Waals surface area contributed by atoms with Crippen LogP contribution in [0.1, 0.15) is 13.8 Å². The molecule has 0 amide bonds. The van der Waals surface area contributed by atoms with E-state index in [0.29, 0.717) is 0 Å². The lowest BCUT2D eigenvalue weighted by Gasteiger charge is -2.08. The summed E-state index contributed by atoms with van der Waals surface area (Å²) in [6.45, 7) is 3.06. The van der Waals surface area contributed by atoms with Crippen LogP contribution in [0.5, 0.6) is 0 Å². The molecule has 11 nitrogen and oxygen atoms in total. The maximum atomic E-state index is 9.44. The van der Waals surface area contributed by atoms with Crippen LogP contribution in [0.4, 0.5) is 0 Å². The smallest absolute Gasteiger partial charge is 0.220 e. The second kappa shape index (κ2) is 15.8. The first kappa shape index (κ1) is 28.6. The van der Waals surface area contributed by atoms with Crippen LogP contribution in [0.3, 0.4) is 0 Å². The molecule has 0 unspecified atom stereocenters. The lowest BCUT2D eigenvalue weighted by atomic mass is 10.6. The zero-order valence-corrected chi connectivity index (χ0v) is 15.2. The number of halogens is 1. The number of hydrogen-bond donors (Lipinski definition) is 6. The minimum Gasteiger partial charge on any atom is -0.370 e. The fraction of sp³-hybridized carbons (Fsp3) is 0.545. The lowest BCUT2D eigenvalue weighted by molar-refractivity contribution is -0.114. The summed E-state index contributed by atoms with van der Waals surface area (Å²) in [5.74, 6) is 0.0902. The van der Waals surface area contributed by atoms with Gasteiger partial charge in [-0.05, 0) is 13.8 Å². The monoisotopic (exact) mass is 352 g/mol. The molecular weight excluding hydrogens is 324 g/mol. The van der Waals surface area contributed by atoms with E-state index in [-0.39, 0.29) is 42.0 Å². The molecule has 0 saturated carbocycles. The first-order chi connectivity index (χ1) is 9.81. The number of rotatable bonds is 0. The molecule has 0 aromatic rings. The summed E-state index contributed by atoms with van der Waals surface area (Å²) < 4.78 is 0.